The van der Waals surface area contributed by atoms with Crippen LogP contribution in [0.2, 0.25) is 0 Å². The molecule has 2 heterocycles. The largest absolute Gasteiger partial charge is 0.414 e. The normalized spacial score (nSPS) is 21.8. The first-order valence-corrected chi connectivity index (χ1v) is 7.32. The summed E-state index contributed by atoms with van der Waals surface area (Å²) in [6, 6.07) is 9.33. The second-order valence-electron chi connectivity index (χ2n) is 5.08. The molecule has 2 fully saturated rings. The van der Waals surface area contributed by atoms with Crippen molar-refractivity contribution in [3.63, 3.8) is 0 Å². The van der Waals surface area contributed by atoms with Gasteiger partial charge in [0.15, 0.2) is 0 Å². The van der Waals surface area contributed by atoms with Gasteiger partial charge in [0.2, 0.25) is 0 Å². The van der Waals surface area contributed by atoms with E-state index in [0.29, 0.717) is 31.9 Å². The second-order valence-corrected chi connectivity index (χ2v) is 5.08. The molecule has 0 saturated carbocycles. The maximum absolute atomic E-state index is 12.4. The molecule has 2 aliphatic rings. The lowest BCUT2D eigenvalue weighted by atomic mass is 10.2. The summed E-state index contributed by atoms with van der Waals surface area (Å²) in [5.41, 5.74) is 0.702. The predicted octanol–water partition coefficient (Wildman–Crippen LogP) is 1.28. The lowest BCUT2D eigenvalue weighted by Crippen LogP contribution is -2.50. The van der Waals surface area contributed by atoms with E-state index in [1.165, 1.54) is 0 Å². The number of nitrogens with zero attached hydrogens (tertiary/aromatic N) is 1. The molecule has 2 saturated heterocycles. The smallest absolute Gasteiger partial charge is 0.387 e. The first kappa shape index (κ1) is 14.3. The summed E-state index contributed by atoms with van der Waals surface area (Å²) < 4.78 is 17.0. The van der Waals surface area contributed by atoms with Gasteiger partial charge in [0.05, 0.1) is 18.8 Å². The highest BCUT2D eigenvalue weighted by Gasteiger charge is 2.42. The van der Waals surface area contributed by atoms with E-state index in [1.54, 1.807) is 4.90 Å². The Morgan fingerprint density at radius 3 is 2.48 bits per heavy atom. The van der Waals surface area contributed by atoms with Gasteiger partial charge in [-0.25, -0.2) is 4.79 Å². The van der Waals surface area contributed by atoms with Crippen molar-refractivity contribution in [2.75, 3.05) is 39.4 Å². The average molecular weight is 292 g/mol. The molecular formula is C15H20N2O4. The van der Waals surface area contributed by atoms with Crippen molar-refractivity contribution in [3.8, 4) is 0 Å². The average Bonchev–Trinajstić information content (AvgIpc) is 2.57. The van der Waals surface area contributed by atoms with Gasteiger partial charge in [0.25, 0.3) is 0 Å². The molecule has 6 heteroatoms. The number of piperazine rings is 1. The number of rotatable bonds is 2. The van der Waals surface area contributed by atoms with Crippen molar-refractivity contribution in [2.45, 2.75) is 12.4 Å². The molecule has 1 N–H and O–H groups in total. The van der Waals surface area contributed by atoms with E-state index < -0.39 is 12.1 Å². The molecule has 1 aromatic carbocycles. The minimum atomic E-state index is -1.42. The number of nitrogens with one attached hydrogen (secondary N) is 1. The quantitative estimate of drug-likeness (QED) is 0.889. The maximum Gasteiger partial charge on any atom is 0.414 e. The Kier molecular flexibility index (Phi) is 4.38. The monoisotopic (exact) mass is 292 g/mol. The summed E-state index contributed by atoms with van der Waals surface area (Å²) >= 11 is 0. The first-order chi connectivity index (χ1) is 10.3. The number of benzene rings is 1. The summed E-state index contributed by atoms with van der Waals surface area (Å²) in [7, 11) is 0. The van der Waals surface area contributed by atoms with Crippen LogP contribution >= 0.6 is 0 Å². The Bertz CT molecular complexity index is 468. The van der Waals surface area contributed by atoms with Crippen molar-refractivity contribution < 1.29 is 19.0 Å². The van der Waals surface area contributed by atoms with Crippen LogP contribution in [-0.2, 0) is 20.2 Å². The van der Waals surface area contributed by atoms with Crippen LogP contribution in [0.5, 0.6) is 0 Å². The van der Waals surface area contributed by atoms with E-state index in [4.69, 9.17) is 14.2 Å². The molecule has 0 spiro atoms. The molecule has 1 aromatic rings. The van der Waals surface area contributed by atoms with Gasteiger partial charge in [-0.05, 0) is 18.6 Å². The van der Waals surface area contributed by atoms with E-state index >= 15 is 0 Å². The van der Waals surface area contributed by atoms with Gasteiger partial charge in [0.1, 0.15) is 0 Å². The predicted molar refractivity (Wildman–Crippen MR) is 75.6 cm³/mol. The highest BCUT2D eigenvalue weighted by Crippen LogP contribution is 2.32. The van der Waals surface area contributed by atoms with Gasteiger partial charge < -0.3 is 24.4 Å². The number of carbonyl (C=O) groups is 1. The molecule has 1 amide bonds. The second kappa shape index (κ2) is 6.43. The van der Waals surface area contributed by atoms with Gasteiger partial charge in [-0.3, -0.25) is 0 Å². The van der Waals surface area contributed by atoms with E-state index in [0.717, 1.165) is 19.5 Å². The molecule has 114 valence electrons. The van der Waals surface area contributed by atoms with Crippen molar-refractivity contribution in [3.05, 3.63) is 35.9 Å². The molecule has 3 rings (SSSR count). The Morgan fingerprint density at radius 2 is 1.81 bits per heavy atom. The van der Waals surface area contributed by atoms with E-state index in [-0.39, 0.29) is 0 Å². The lowest BCUT2D eigenvalue weighted by molar-refractivity contribution is -0.390. The van der Waals surface area contributed by atoms with Gasteiger partial charge in [-0.2, -0.15) is 0 Å². The van der Waals surface area contributed by atoms with Gasteiger partial charge in [-0.15, -0.1) is 0 Å². The molecule has 21 heavy (non-hydrogen) atoms. The van der Waals surface area contributed by atoms with Crippen LogP contribution in [0.25, 0.3) is 0 Å². The standard InChI is InChI=1S/C15H20N2O4/c18-14(17-9-7-16-8-10-17)21-15(19-11-4-12-20-15)13-5-2-1-3-6-13/h1-3,5-6,16H,4,7-12H2. The zero-order valence-electron chi connectivity index (χ0n) is 11.9. The fourth-order valence-electron chi connectivity index (χ4n) is 2.47. The van der Waals surface area contributed by atoms with Crippen LogP contribution in [0.4, 0.5) is 4.79 Å². The number of amides is 1. The Morgan fingerprint density at radius 1 is 1.14 bits per heavy atom. The number of ether oxygens (including phenoxy) is 3. The Balaban J connectivity index is 1.77. The maximum atomic E-state index is 12.4. The third kappa shape index (κ3) is 3.18. The molecule has 2 aliphatic heterocycles. The number of carbonyl (C=O) groups excluding carboxylic acids is 1. The molecule has 6 nitrogen and oxygen atoms in total. The fourth-order valence-corrected chi connectivity index (χ4v) is 2.47. The molecule has 0 radical (unpaired) electrons. The Hall–Kier alpha value is -1.63. The zero-order valence-corrected chi connectivity index (χ0v) is 11.9. The van der Waals surface area contributed by atoms with Gasteiger partial charge in [0, 0.05) is 26.2 Å². The minimum Gasteiger partial charge on any atom is -0.387 e. The zero-order chi connectivity index (χ0) is 14.5. The third-order valence-electron chi connectivity index (χ3n) is 3.60. The van der Waals surface area contributed by atoms with Crippen LogP contribution in [0.1, 0.15) is 12.0 Å². The van der Waals surface area contributed by atoms with E-state index in [2.05, 4.69) is 5.32 Å². The summed E-state index contributed by atoms with van der Waals surface area (Å²) in [5, 5.41) is 3.20. The van der Waals surface area contributed by atoms with Crippen LogP contribution in [0.3, 0.4) is 0 Å². The molecule has 0 atom stereocenters. The molecule has 0 aromatic heterocycles. The number of hydrogen-bond acceptors (Lipinski definition) is 5. The minimum absolute atomic E-state index is 0.401. The number of hydrogen-bond donors (Lipinski definition) is 1. The highest BCUT2D eigenvalue weighted by atomic mass is 16.9. The summed E-state index contributed by atoms with van der Waals surface area (Å²) in [6.45, 7) is 3.81. The van der Waals surface area contributed by atoms with Crippen molar-refractivity contribution in [2.24, 2.45) is 0 Å². The van der Waals surface area contributed by atoms with E-state index in [9.17, 15) is 4.79 Å². The van der Waals surface area contributed by atoms with Crippen molar-refractivity contribution in [1.82, 2.24) is 10.2 Å². The van der Waals surface area contributed by atoms with Gasteiger partial charge in [-0.1, -0.05) is 18.2 Å². The Labute approximate surface area is 124 Å². The van der Waals surface area contributed by atoms with E-state index in [1.807, 2.05) is 30.3 Å². The van der Waals surface area contributed by atoms with Crippen molar-refractivity contribution >= 4 is 6.09 Å². The van der Waals surface area contributed by atoms with Crippen LogP contribution < -0.4 is 5.32 Å². The highest BCUT2D eigenvalue weighted by molar-refractivity contribution is 5.68. The van der Waals surface area contributed by atoms with Crippen LogP contribution in [0.15, 0.2) is 30.3 Å². The fraction of sp³-hybridized carbons (Fsp3) is 0.533. The lowest BCUT2D eigenvalue weighted by Gasteiger charge is -2.38. The topological polar surface area (TPSA) is 60.0 Å². The van der Waals surface area contributed by atoms with Crippen LogP contribution in [0, 0.1) is 0 Å². The summed E-state index contributed by atoms with van der Waals surface area (Å²) in [4.78, 5) is 14.0. The third-order valence-corrected chi connectivity index (χ3v) is 3.60. The van der Waals surface area contributed by atoms with Crippen molar-refractivity contribution in [1.29, 1.82) is 0 Å². The van der Waals surface area contributed by atoms with Gasteiger partial charge >= 0.3 is 12.1 Å². The molecule has 0 unspecified atom stereocenters. The summed E-state index contributed by atoms with van der Waals surface area (Å²) in [5.74, 6) is -1.42. The molecule has 0 bridgehead atoms. The SMILES string of the molecule is O=C(OC1(c2ccccc2)OCCCO1)N1CCNCC1. The van der Waals surface area contributed by atoms with Crippen LogP contribution in [-0.4, -0.2) is 50.4 Å². The molecule has 0 aliphatic carbocycles. The summed E-state index contributed by atoms with van der Waals surface area (Å²) in [6.07, 6.45) is 0.391. The first-order valence-electron chi connectivity index (χ1n) is 7.32. The molecular weight excluding hydrogens is 272 g/mol.